The van der Waals surface area contributed by atoms with E-state index < -0.39 is 0 Å². The van der Waals surface area contributed by atoms with Crippen LogP contribution < -0.4 is 14.7 Å². The lowest BCUT2D eigenvalue weighted by atomic mass is 10.1. The second-order valence-corrected chi connectivity index (χ2v) is 5.54. The number of hydrogen-bond acceptors (Lipinski definition) is 3. The monoisotopic (exact) mass is 267 g/mol. The highest BCUT2D eigenvalue weighted by Gasteiger charge is 2.33. The largest absolute Gasteiger partial charge is 0.377 e. The van der Waals surface area contributed by atoms with E-state index in [-0.39, 0.29) is 6.17 Å². The van der Waals surface area contributed by atoms with E-state index in [1.165, 1.54) is 22.6 Å². The number of fused-ring (bicyclic) bond motifs is 1. The number of anilines is 3. The summed E-state index contributed by atoms with van der Waals surface area (Å²) >= 11 is 0. The summed E-state index contributed by atoms with van der Waals surface area (Å²) in [4.78, 5) is 6.87. The van der Waals surface area contributed by atoms with Gasteiger partial charge in [-0.3, -0.25) is 0 Å². The van der Waals surface area contributed by atoms with Crippen molar-refractivity contribution in [2.24, 2.45) is 0 Å². The summed E-state index contributed by atoms with van der Waals surface area (Å²) < 4.78 is 0. The highest BCUT2D eigenvalue weighted by molar-refractivity contribution is 5.78. The highest BCUT2D eigenvalue weighted by atomic mass is 15.4. The number of para-hydroxylation sites is 3. The van der Waals surface area contributed by atoms with Crippen molar-refractivity contribution < 1.29 is 0 Å². The first-order valence-electron chi connectivity index (χ1n) is 6.92. The van der Waals surface area contributed by atoms with E-state index in [2.05, 4.69) is 91.4 Å². The van der Waals surface area contributed by atoms with Gasteiger partial charge in [0.05, 0.1) is 11.4 Å². The normalized spacial score (nSPS) is 14.6. The van der Waals surface area contributed by atoms with Gasteiger partial charge in [-0.1, -0.05) is 30.3 Å². The molecule has 3 heteroatoms. The lowest BCUT2D eigenvalue weighted by Crippen LogP contribution is -2.31. The Morgan fingerprint density at radius 1 is 0.800 bits per heavy atom. The fourth-order valence-electron chi connectivity index (χ4n) is 3.11. The summed E-state index contributed by atoms with van der Waals surface area (Å²) in [6.45, 7) is 0. The van der Waals surface area contributed by atoms with Crippen molar-refractivity contribution in [1.82, 2.24) is 0 Å². The van der Waals surface area contributed by atoms with Crippen molar-refractivity contribution >= 4 is 17.1 Å². The minimum atomic E-state index is 0.242. The highest BCUT2D eigenvalue weighted by Crippen LogP contribution is 2.45. The Balaban J connectivity index is 2.09. The van der Waals surface area contributed by atoms with Crippen molar-refractivity contribution in [2.75, 3.05) is 42.9 Å². The van der Waals surface area contributed by atoms with Crippen LogP contribution in [0.5, 0.6) is 0 Å². The van der Waals surface area contributed by atoms with Crippen LogP contribution in [0.1, 0.15) is 11.7 Å². The molecular formula is C17H21N3. The molecule has 104 valence electrons. The maximum atomic E-state index is 2.34. The topological polar surface area (TPSA) is 9.72 Å². The van der Waals surface area contributed by atoms with Crippen LogP contribution >= 0.6 is 0 Å². The Bertz CT molecular complexity index is 592. The summed E-state index contributed by atoms with van der Waals surface area (Å²) in [5, 5.41) is 0. The average molecular weight is 267 g/mol. The molecular weight excluding hydrogens is 246 g/mol. The maximum Gasteiger partial charge on any atom is 0.130 e. The molecule has 0 aromatic heterocycles. The zero-order chi connectivity index (χ0) is 14.3. The van der Waals surface area contributed by atoms with Gasteiger partial charge in [-0.15, -0.1) is 0 Å². The molecule has 2 aromatic rings. The number of benzene rings is 2. The van der Waals surface area contributed by atoms with E-state index in [4.69, 9.17) is 0 Å². The van der Waals surface area contributed by atoms with E-state index in [0.29, 0.717) is 0 Å². The molecule has 0 spiro atoms. The van der Waals surface area contributed by atoms with E-state index in [9.17, 15) is 0 Å². The van der Waals surface area contributed by atoms with Crippen molar-refractivity contribution in [2.45, 2.75) is 6.17 Å². The van der Waals surface area contributed by atoms with Crippen LogP contribution in [0.2, 0.25) is 0 Å². The summed E-state index contributed by atoms with van der Waals surface area (Å²) in [7, 11) is 8.53. The van der Waals surface area contributed by atoms with Crippen molar-refractivity contribution in [3.05, 3.63) is 54.1 Å². The first kappa shape index (κ1) is 12.9. The lowest BCUT2D eigenvalue weighted by molar-refractivity contribution is 0.693. The fraction of sp³-hybridized carbons (Fsp3) is 0.294. The molecule has 0 fully saturated rings. The summed E-state index contributed by atoms with van der Waals surface area (Å²) in [6, 6.07) is 17.2. The molecule has 2 aromatic carbocycles. The Morgan fingerprint density at radius 3 is 1.85 bits per heavy atom. The number of hydrogen-bond donors (Lipinski definition) is 0. The molecule has 0 radical (unpaired) electrons. The van der Waals surface area contributed by atoms with E-state index in [1.54, 1.807) is 0 Å². The van der Waals surface area contributed by atoms with Gasteiger partial charge in [-0.05, 0) is 18.2 Å². The van der Waals surface area contributed by atoms with Gasteiger partial charge in [0, 0.05) is 39.4 Å². The third kappa shape index (κ3) is 1.82. The van der Waals surface area contributed by atoms with E-state index in [1.807, 2.05) is 0 Å². The molecule has 20 heavy (non-hydrogen) atoms. The standard InChI is InChI=1S/C17H21N3/c1-18(2)14-10-6-5-9-13(14)17-19(3)15-11-7-8-12-16(15)20(17)4/h5-12,17H,1-4H3. The van der Waals surface area contributed by atoms with E-state index >= 15 is 0 Å². The van der Waals surface area contributed by atoms with Crippen LogP contribution in [-0.2, 0) is 0 Å². The van der Waals surface area contributed by atoms with Crippen molar-refractivity contribution in [1.29, 1.82) is 0 Å². The Morgan fingerprint density at radius 2 is 1.30 bits per heavy atom. The first-order valence-corrected chi connectivity index (χ1v) is 6.92. The molecule has 0 amide bonds. The molecule has 0 saturated heterocycles. The Hall–Kier alpha value is -2.16. The van der Waals surface area contributed by atoms with Gasteiger partial charge in [0.1, 0.15) is 6.17 Å². The molecule has 3 nitrogen and oxygen atoms in total. The van der Waals surface area contributed by atoms with Crippen LogP contribution in [0.15, 0.2) is 48.5 Å². The molecule has 0 bridgehead atoms. The summed E-state index contributed by atoms with van der Waals surface area (Å²) in [5.74, 6) is 0. The Labute approximate surface area is 121 Å². The van der Waals surface area contributed by atoms with Gasteiger partial charge in [0.25, 0.3) is 0 Å². The van der Waals surface area contributed by atoms with Gasteiger partial charge in [0.15, 0.2) is 0 Å². The quantitative estimate of drug-likeness (QED) is 0.826. The van der Waals surface area contributed by atoms with Gasteiger partial charge >= 0.3 is 0 Å². The maximum absolute atomic E-state index is 2.34. The minimum Gasteiger partial charge on any atom is -0.377 e. The molecule has 1 aliphatic heterocycles. The molecule has 0 unspecified atom stereocenters. The third-order valence-corrected chi connectivity index (χ3v) is 4.07. The zero-order valence-corrected chi connectivity index (χ0v) is 12.5. The molecule has 1 aliphatic rings. The lowest BCUT2D eigenvalue weighted by Gasteiger charge is -2.31. The van der Waals surface area contributed by atoms with Crippen molar-refractivity contribution in [3.63, 3.8) is 0 Å². The van der Waals surface area contributed by atoms with Crippen LogP contribution in [0, 0.1) is 0 Å². The molecule has 0 aliphatic carbocycles. The summed E-state index contributed by atoms with van der Waals surface area (Å²) in [5.41, 5.74) is 5.17. The predicted octanol–water partition coefficient (Wildman–Crippen LogP) is 3.34. The molecule has 1 heterocycles. The van der Waals surface area contributed by atoms with Crippen LogP contribution in [0.25, 0.3) is 0 Å². The number of nitrogens with zero attached hydrogens (tertiary/aromatic N) is 3. The second kappa shape index (κ2) is 4.75. The van der Waals surface area contributed by atoms with Gasteiger partial charge in [-0.25, -0.2) is 0 Å². The number of rotatable bonds is 2. The first-order chi connectivity index (χ1) is 9.61. The Kier molecular flexibility index (Phi) is 3.05. The molecule has 0 N–H and O–H groups in total. The van der Waals surface area contributed by atoms with Crippen LogP contribution in [0.4, 0.5) is 17.1 Å². The fourth-order valence-corrected chi connectivity index (χ4v) is 3.11. The molecule has 0 saturated carbocycles. The van der Waals surface area contributed by atoms with E-state index in [0.717, 1.165) is 0 Å². The second-order valence-electron chi connectivity index (χ2n) is 5.54. The summed E-state index contributed by atoms with van der Waals surface area (Å²) in [6.07, 6.45) is 0.242. The van der Waals surface area contributed by atoms with Crippen LogP contribution in [-0.4, -0.2) is 28.2 Å². The average Bonchev–Trinajstić information content (AvgIpc) is 2.71. The predicted molar refractivity (Wildman–Crippen MR) is 86.8 cm³/mol. The van der Waals surface area contributed by atoms with Gasteiger partial charge in [-0.2, -0.15) is 0 Å². The smallest absolute Gasteiger partial charge is 0.130 e. The van der Waals surface area contributed by atoms with Gasteiger partial charge in [0.2, 0.25) is 0 Å². The minimum absolute atomic E-state index is 0.242. The third-order valence-electron chi connectivity index (χ3n) is 4.07. The zero-order valence-electron chi connectivity index (χ0n) is 12.5. The SMILES string of the molecule is CN(C)c1ccccc1C1N(C)c2ccccc2N1C. The van der Waals surface area contributed by atoms with Gasteiger partial charge < -0.3 is 14.7 Å². The van der Waals surface area contributed by atoms with Crippen LogP contribution in [0.3, 0.4) is 0 Å². The molecule has 3 rings (SSSR count). The van der Waals surface area contributed by atoms with Crippen molar-refractivity contribution in [3.8, 4) is 0 Å². The molecule has 0 atom stereocenters.